The number of aromatic amines is 1. The fraction of sp³-hybridized carbons (Fsp3) is 0.462. The first-order valence-electron chi connectivity index (χ1n) is 6.59. The summed E-state index contributed by atoms with van der Waals surface area (Å²) in [5.41, 5.74) is 1.05. The number of hydrogen-bond donors (Lipinski definition) is 1. The standard InChI is InChI=1S/C13H16ClN5O/c1-9-4-15-13(17-9)10-2-3-18(6-10)12(20)8-19-7-11(14)5-16-19/h4-5,7,10H,2-3,6,8H2,1H3,(H,15,17)/t10-/m0/s1. The molecule has 2 aromatic heterocycles. The molecule has 1 saturated heterocycles. The fourth-order valence-electron chi connectivity index (χ4n) is 2.51. The number of imidazole rings is 1. The lowest BCUT2D eigenvalue weighted by Crippen LogP contribution is -2.31. The number of aryl methyl sites for hydroxylation is 1. The van der Waals surface area contributed by atoms with E-state index in [4.69, 9.17) is 11.6 Å². The molecule has 0 saturated carbocycles. The van der Waals surface area contributed by atoms with Gasteiger partial charge in [-0.25, -0.2) is 4.98 Å². The molecule has 1 aliphatic rings. The summed E-state index contributed by atoms with van der Waals surface area (Å²) in [7, 11) is 0. The minimum atomic E-state index is 0.0653. The molecule has 1 amide bonds. The van der Waals surface area contributed by atoms with E-state index < -0.39 is 0 Å². The maximum Gasteiger partial charge on any atom is 0.244 e. The molecule has 20 heavy (non-hydrogen) atoms. The number of aromatic nitrogens is 4. The van der Waals surface area contributed by atoms with Crippen molar-refractivity contribution in [1.29, 1.82) is 0 Å². The van der Waals surface area contributed by atoms with Gasteiger partial charge in [0.15, 0.2) is 0 Å². The molecule has 3 rings (SSSR count). The van der Waals surface area contributed by atoms with Crippen LogP contribution in [-0.4, -0.2) is 43.6 Å². The molecule has 106 valence electrons. The van der Waals surface area contributed by atoms with Gasteiger partial charge in [0, 0.05) is 37.1 Å². The first kappa shape index (κ1) is 13.2. The summed E-state index contributed by atoms with van der Waals surface area (Å²) in [4.78, 5) is 21.7. The van der Waals surface area contributed by atoms with Crippen LogP contribution in [-0.2, 0) is 11.3 Å². The molecule has 2 aromatic rings. The third-order valence-electron chi connectivity index (χ3n) is 3.55. The molecule has 0 unspecified atom stereocenters. The van der Waals surface area contributed by atoms with Crippen molar-refractivity contribution in [3.05, 3.63) is 35.1 Å². The highest BCUT2D eigenvalue weighted by molar-refractivity contribution is 6.30. The molecule has 1 aliphatic heterocycles. The second kappa shape index (κ2) is 5.28. The van der Waals surface area contributed by atoms with Gasteiger partial charge in [-0.05, 0) is 13.3 Å². The zero-order valence-corrected chi connectivity index (χ0v) is 12.0. The van der Waals surface area contributed by atoms with Gasteiger partial charge >= 0.3 is 0 Å². The molecule has 1 fully saturated rings. The van der Waals surface area contributed by atoms with Crippen LogP contribution in [0.5, 0.6) is 0 Å². The van der Waals surface area contributed by atoms with Crippen LogP contribution in [0.4, 0.5) is 0 Å². The quantitative estimate of drug-likeness (QED) is 0.934. The van der Waals surface area contributed by atoms with E-state index in [0.717, 1.165) is 24.5 Å². The van der Waals surface area contributed by atoms with Crippen LogP contribution < -0.4 is 0 Å². The fourth-order valence-corrected chi connectivity index (χ4v) is 2.67. The van der Waals surface area contributed by atoms with Gasteiger partial charge in [-0.3, -0.25) is 9.48 Å². The van der Waals surface area contributed by atoms with Gasteiger partial charge < -0.3 is 9.88 Å². The van der Waals surface area contributed by atoms with E-state index in [9.17, 15) is 4.79 Å². The van der Waals surface area contributed by atoms with E-state index in [-0.39, 0.29) is 12.5 Å². The molecule has 0 aromatic carbocycles. The van der Waals surface area contributed by atoms with E-state index >= 15 is 0 Å². The number of carbonyl (C=O) groups excluding carboxylic acids is 1. The number of amides is 1. The molecule has 7 heteroatoms. The van der Waals surface area contributed by atoms with E-state index in [1.807, 2.05) is 18.0 Å². The first-order valence-corrected chi connectivity index (χ1v) is 6.97. The largest absolute Gasteiger partial charge is 0.346 e. The molecule has 0 aliphatic carbocycles. The third kappa shape index (κ3) is 2.70. The Kier molecular flexibility index (Phi) is 3.48. The van der Waals surface area contributed by atoms with Crippen LogP contribution in [0.3, 0.4) is 0 Å². The number of nitrogens with one attached hydrogen (secondary N) is 1. The van der Waals surface area contributed by atoms with Crippen molar-refractivity contribution >= 4 is 17.5 Å². The summed E-state index contributed by atoms with van der Waals surface area (Å²) in [5.74, 6) is 1.34. The van der Waals surface area contributed by atoms with Crippen molar-refractivity contribution in [2.75, 3.05) is 13.1 Å². The van der Waals surface area contributed by atoms with Gasteiger partial charge in [-0.1, -0.05) is 11.6 Å². The lowest BCUT2D eigenvalue weighted by molar-refractivity contribution is -0.131. The average Bonchev–Trinajstić information content (AvgIpc) is 3.10. The Labute approximate surface area is 121 Å². The second-order valence-corrected chi connectivity index (χ2v) is 5.57. The summed E-state index contributed by atoms with van der Waals surface area (Å²) < 4.78 is 1.56. The zero-order valence-electron chi connectivity index (χ0n) is 11.2. The van der Waals surface area contributed by atoms with Crippen LogP contribution in [0.25, 0.3) is 0 Å². The van der Waals surface area contributed by atoms with Crippen molar-refractivity contribution < 1.29 is 4.79 Å². The minimum Gasteiger partial charge on any atom is -0.346 e. The third-order valence-corrected chi connectivity index (χ3v) is 3.74. The first-order chi connectivity index (χ1) is 9.61. The predicted octanol–water partition coefficient (Wildman–Crippen LogP) is 1.58. The highest BCUT2D eigenvalue weighted by atomic mass is 35.5. The van der Waals surface area contributed by atoms with Crippen molar-refractivity contribution in [1.82, 2.24) is 24.6 Å². The number of H-pyrrole nitrogens is 1. The number of rotatable bonds is 3. The minimum absolute atomic E-state index is 0.0653. The normalized spacial score (nSPS) is 18.7. The monoisotopic (exact) mass is 293 g/mol. The maximum absolute atomic E-state index is 12.2. The zero-order chi connectivity index (χ0) is 14.1. The topological polar surface area (TPSA) is 66.8 Å². The van der Waals surface area contributed by atoms with Crippen LogP contribution >= 0.6 is 11.6 Å². The highest BCUT2D eigenvalue weighted by Crippen LogP contribution is 2.25. The van der Waals surface area contributed by atoms with Crippen LogP contribution in [0, 0.1) is 6.92 Å². The molecule has 1 N–H and O–H groups in total. The van der Waals surface area contributed by atoms with Crippen molar-refractivity contribution in [2.24, 2.45) is 0 Å². The lowest BCUT2D eigenvalue weighted by atomic mass is 10.1. The summed E-state index contributed by atoms with van der Waals surface area (Å²) in [6.07, 6.45) is 5.96. The number of hydrogen-bond acceptors (Lipinski definition) is 3. The second-order valence-electron chi connectivity index (χ2n) is 5.13. The molecular weight excluding hydrogens is 278 g/mol. The number of likely N-dealkylation sites (tertiary alicyclic amines) is 1. The molecule has 0 spiro atoms. The summed E-state index contributed by atoms with van der Waals surface area (Å²) in [5, 5.41) is 4.57. The van der Waals surface area contributed by atoms with E-state index in [0.29, 0.717) is 17.5 Å². The molecule has 0 bridgehead atoms. The van der Waals surface area contributed by atoms with Crippen LogP contribution in [0.2, 0.25) is 5.02 Å². The van der Waals surface area contributed by atoms with Gasteiger partial charge in [0.2, 0.25) is 5.91 Å². The van der Waals surface area contributed by atoms with E-state index in [1.54, 1.807) is 10.9 Å². The Hall–Kier alpha value is -1.82. The van der Waals surface area contributed by atoms with Crippen molar-refractivity contribution in [3.63, 3.8) is 0 Å². The molecule has 1 atom stereocenters. The Bertz CT molecular complexity index is 620. The van der Waals surface area contributed by atoms with E-state index in [1.165, 1.54) is 6.20 Å². The predicted molar refractivity (Wildman–Crippen MR) is 74.5 cm³/mol. The summed E-state index contributed by atoms with van der Waals surface area (Å²) in [6, 6.07) is 0. The highest BCUT2D eigenvalue weighted by Gasteiger charge is 2.29. The lowest BCUT2D eigenvalue weighted by Gasteiger charge is -2.16. The van der Waals surface area contributed by atoms with Crippen LogP contribution in [0.1, 0.15) is 23.9 Å². The Morgan fingerprint density at radius 2 is 2.40 bits per heavy atom. The van der Waals surface area contributed by atoms with Gasteiger partial charge in [0.1, 0.15) is 12.4 Å². The number of carbonyl (C=O) groups is 1. The van der Waals surface area contributed by atoms with Crippen molar-refractivity contribution in [2.45, 2.75) is 25.8 Å². The summed E-state index contributed by atoms with van der Waals surface area (Å²) >= 11 is 5.79. The molecule has 0 radical (unpaired) electrons. The maximum atomic E-state index is 12.2. The molecular formula is C13H16ClN5O. The van der Waals surface area contributed by atoms with Gasteiger partial charge in [0.05, 0.1) is 11.2 Å². The SMILES string of the molecule is Cc1cnc([C@H]2CCN(C(=O)Cn3cc(Cl)cn3)C2)[nH]1. The smallest absolute Gasteiger partial charge is 0.244 e. The van der Waals surface area contributed by atoms with Gasteiger partial charge in [0.25, 0.3) is 0 Å². The molecule has 3 heterocycles. The van der Waals surface area contributed by atoms with Crippen LogP contribution in [0.15, 0.2) is 18.6 Å². The summed E-state index contributed by atoms with van der Waals surface area (Å²) in [6.45, 7) is 3.69. The Balaban J connectivity index is 1.60. The number of halogens is 1. The molecule has 6 nitrogen and oxygen atoms in total. The Morgan fingerprint density at radius 1 is 1.55 bits per heavy atom. The van der Waals surface area contributed by atoms with Crippen molar-refractivity contribution in [3.8, 4) is 0 Å². The number of nitrogens with zero attached hydrogens (tertiary/aromatic N) is 4. The Morgan fingerprint density at radius 3 is 3.05 bits per heavy atom. The average molecular weight is 294 g/mol. The van der Waals surface area contributed by atoms with Gasteiger partial charge in [-0.15, -0.1) is 0 Å². The van der Waals surface area contributed by atoms with Gasteiger partial charge in [-0.2, -0.15) is 5.10 Å². The van der Waals surface area contributed by atoms with E-state index in [2.05, 4.69) is 15.1 Å².